The lowest BCUT2D eigenvalue weighted by atomic mass is 9.90. The Morgan fingerprint density at radius 1 is 1.06 bits per heavy atom. The first-order valence-electron chi connectivity index (χ1n) is 12.2. The van der Waals surface area contributed by atoms with E-state index in [1.54, 1.807) is 12.2 Å². The highest BCUT2D eigenvalue weighted by Crippen LogP contribution is 2.34. The van der Waals surface area contributed by atoms with Gasteiger partial charge in [-0.05, 0) is 62.3 Å². The van der Waals surface area contributed by atoms with Gasteiger partial charge < -0.3 is 10.6 Å². The van der Waals surface area contributed by atoms with Crippen LogP contribution in [0, 0.1) is 0 Å². The molecule has 2 N–H and O–H groups in total. The van der Waals surface area contributed by atoms with Gasteiger partial charge in [0.05, 0.1) is 5.57 Å². The predicted molar refractivity (Wildman–Crippen MR) is 137 cm³/mol. The number of nitrogens with zero attached hydrogens (tertiary/aromatic N) is 1. The summed E-state index contributed by atoms with van der Waals surface area (Å²) in [6.07, 6.45) is 4.27. The molecule has 3 nitrogen and oxygen atoms in total. The molecule has 0 amide bonds. The summed E-state index contributed by atoms with van der Waals surface area (Å²) in [6, 6.07) is 8.61. The minimum atomic E-state index is -4.75. The zero-order valence-corrected chi connectivity index (χ0v) is 21.1. The van der Waals surface area contributed by atoms with Crippen LogP contribution in [-0.4, -0.2) is 23.2 Å². The number of benzene rings is 1. The second-order valence-corrected chi connectivity index (χ2v) is 8.52. The molecule has 1 aromatic carbocycles. The normalized spacial score (nSPS) is 20.9. The molecular formula is C28H37F4N3. The SMILES string of the molecule is C=C(NC1CCC(NC2=CC=CC(=C)N2/C(F)=C(\C)C(F)(F)F)CC1)c1ccc(CC)cc1.CC. The second-order valence-electron chi connectivity index (χ2n) is 8.52. The fourth-order valence-electron chi connectivity index (χ4n) is 4.05. The number of hydrogen-bond donors (Lipinski definition) is 2. The molecule has 0 radical (unpaired) electrons. The highest BCUT2D eigenvalue weighted by atomic mass is 19.4. The Balaban J connectivity index is 0.00000210. The first kappa shape index (κ1) is 28.3. The minimum absolute atomic E-state index is 0.0206. The summed E-state index contributed by atoms with van der Waals surface area (Å²) in [4.78, 5) is 0.898. The zero-order chi connectivity index (χ0) is 26.2. The molecule has 0 aromatic heterocycles. The number of nitrogens with one attached hydrogen (secondary N) is 2. The first-order valence-corrected chi connectivity index (χ1v) is 12.2. The van der Waals surface area contributed by atoms with Crippen molar-refractivity contribution in [2.75, 3.05) is 0 Å². The van der Waals surface area contributed by atoms with Gasteiger partial charge in [-0.2, -0.15) is 17.6 Å². The summed E-state index contributed by atoms with van der Waals surface area (Å²) >= 11 is 0. The molecule has 1 aromatic rings. The van der Waals surface area contributed by atoms with Gasteiger partial charge >= 0.3 is 6.18 Å². The van der Waals surface area contributed by atoms with E-state index in [0.29, 0.717) is 0 Å². The molecule has 3 rings (SSSR count). The van der Waals surface area contributed by atoms with Crippen molar-refractivity contribution in [2.45, 2.75) is 78.1 Å². The quantitative estimate of drug-likeness (QED) is 0.302. The van der Waals surface area contributed by atoms with Gasteiger partial charge in [-0.1, -0.05) is 64.3 Å². The van der Waals surface area contributed by atoms with Crippen LogP contribution in [0.15, 0.2) is 78.7 Å². The van der Waals surface area contributed by atoms with Gasteiger partial charge in [0.25, 0.3) is 0 Å². The number of alkyl halides is 3. The molecule has 2 aliphatic rings. The summed E-state index contributed by atoms with van der Waals surface area (Å²) in [5, 5.41) is 6.72. The van der Waals surface area contributed by atoms with Crippen molar-refractivity contribution in [3.63, 3.8) is 0 Å². The molecule has 7 heteroatoms. The van der Waals surface area contributed by atoms with Crippen molar-refractivity contribution in [2.24, 2.45) is 0 Å². The largest absolute Gasteiger partial charge is 0.416 e. The van der Waals surface area contributed by atoms with Crippen LogP contribution in [0.2, 0.25) is 0 Å². The fourth-order valence-corrected chi connectivity index (χ4v) is 4.05. The number of allylic oxidation sites excluding steroid dienone is 4. The van der Waals surface area contributed by atoms with Crippen LogP contribution >= 0.6 is 0 Å². The summed E-state index contributed by atoms with van der Waals surface area (Å²) in [6.45, 7) is 14.7. The molecule has 0 saturated heterocycles. The van der Waals surface area contributed by atoms with Crippen LogP contribution in [-0.2, 0) is 6.42 Å². The maximum absolute atomic E-state index is 14.7. The molecule has 1 aliphatic heterocycles. The van der Waals surface area contributed by atoms with E-state index in [0.717, 1.165) is 55.2 Å². The molecule has 192 valence electrons. The Bertz CT molecular complexity index is 963. The number of aryl methyl sites for hydroxylation is 1. The van der Waals surface area contributed by atoms with Crippen molar-refractivity contribution < 1.29 is 17.6 Å². The Hall–Kier alpha value is -2.96. The molecule has 0 bridgehead atoms. The van der Waals surface area contributed by atoms with E-state index in [4.69, 9.17) is 0 Å². The maximum Gasteiger partial charge on any atom is 0.416 e. The van der Waals surface area contributed by atoms with Crippen LogP contribution in [0.3, 0.4) is 0 Å². The summed E-state index contributed by atoms with van der Waals surface area (Å²) in [5.41, 5.74) is 2.07. The maximum atomic E-state index is 14.7. The summed E-state index contributed by atoms with van der Waals surface area (Å²) in [5.74, 6) is -1.10. The number of halogens is 4. The molecule has 1 saturated carbocycles. The number of rotatable bonds is 7. The van der Waals surface area contributed by atoms with E-state index in [1.807, 2.05) is 13.8 Å². The molecule has 0 unspecified atom stereocenters. The fraction of sp³-hybridized carbons (Fsp3) is 0.429. The molecular weight excluding hydrogens is 454 g/mol. The molecule has 1 heterocycles. The third-order valence-electron chi connectivity index (χ3n) is 6.17. The Morgan fingerprint density at radius 2 is 1.63 bits per heavy atom. The average molecular weight is 492 g/mol. The van der Waals surface area contributed by atoms with Gasteiger partial charge in [-0.3, -0.25) is 4.90 Å². The molecule has 0 spiro atoms. The van der Waals surface area contributed by atoms with E-state index in [2.05, 4.69) is 55.0 Å². The van der Waals surface area contributed by atoms with E-state index in [1.165, 1.54) is 11.6 Å². The van der Waals surface area contributed by atoms with Gasteiger partial charge in [0.2, 0.25) is 5.95 Å². The standard InChI is InChI=1S/C26H31F4N3.C2H6/c1-5-20-9-11-21(12-10-20)19(4)31-22-13-15-23(16-14-22)32-24-8-6-7-17(2)33(24)25(27)18(3)26(28,29)30;1-2/h6-12,22-23,31-32H,2,4-5,13-16H2,1,3H3;1-2H3/b25-18+;. The van der Waals surface area contributed by atoms with Crippen molar-refractivity contribution in [1.82, 2.24) is 15.5 Å². The molecule has 35 heavy (non-hydrogen) atoms. The third-order valence-corrected chi connectivity index (χ3v) is 6.17. The van der Waals surface area contributed by atoms with Gasteiger partial charge in [-0.15, -0.1) is 0 Å². The first-order chi connectivity index (χ1) is 16.6. The van der Waals surface area contributed by atoms with Gasteiger partial charge in [0.1, 0.15) is 5.82 Å². The van der Waals surface area contributed by atoms with Crippen LogP contribution in [0.1, 0.15) is 64.5 Å². The Labute approximate surface area is 207 Å². The van der Waals surface area contributed by atoms with Crippen LogP contribution in [0.5, 0.6) is 0 Å². The van der Waals surface area contributed by atoms with Crippen molar-refractivity contribution in [1.29, 1.82) is 0 Å². The molecule has 1 fully saturated rings. The number of hydrogen-bond acceptors (Lipinski definition) is 3. The van der Waals surface area contributed by atoms with Crippen molar-refractivity contribution in [3.05, 3.63) is 89.8 Å². The van der Waals surface area contributed by atoms with E-state index >= 15 is 0 Å². The predicted octanol–water partition coefficient (Wildman–Crippen LogP) is 7.73. The highest BCUT2D eigenvalue weighted by Gasteiger charge is 2.37. The lowest BCUT2D eigenvalue weighted by Crippen LogP contribution is -2.42. The van der Waals surface area contributed by atoms with Crippen LogP contribution in [0.4, 0.5) is 17.6 Å². The lowest BCUT2D eigenvalue weighted by Gasteiger charge is -2.36. The van der Waals surface area contributed by atoms with Crippen molar-refractivity contribution in [3.8, 4) is 0 Å². The highest BCUT2D eigenvalue weighted by molar-refractivity contribution is 5.62. The van der Waals surface area contributed by atoms with Crippen LogP contribution in [0.25, 0.3) is 5.70 Å². The Morgan fingerprint density at radius 3 is 2.17 bits per heavy atom. The lowest BCUT2D eigenvalue weighted by molar-refractivity contribution is -0.0946. The smallest absolute Gasteiger partial charge is 0.382 e. The zero-order valence-electron chi connectivity index (χ0n) is 21.1. The van der Waals surface area contributed by atoms with E-state index in [-0.39, 0.29) is 23.6 Å². The topological polar surface area (TPSA) is 27.3 Å². The second kappa shape index (κ2) is 12.7. The molecule has 0 atom stereocenters. The molecule has 1 aliphatic carbocycles. The summed E-state index contributed by atoms with van der Waals surface area (Å²) in [7, 11) is 0. The minimum Gasteiger partial charge on any atom is -0.382 e. The van der Waals surface area contributed by atoms with E-state index < -0.39 is 17.7 Å². The monoisotopic (exact) mass is 491 g/mol. The average Bonchev–Trinajstić information content (AvgIpc) is 2.85. The van der Waals surface area contributed by atoms with Crippen molar-refractivity contribution >= 4 is 5.70 Å². The Kier molecular flexibility index (Phi) is 10.2. The van der Waals surface area contributed by atoms with Gasteiger partial charge in [0.15, 0.2) is 0 Å². The van der Waals surface area contributed by atoms with Crippen LogP contribution < -0.4 is 10.6 Å². The van der Waals surface area contributed by atoms with Gasteiger partial charge in [0, 0.05) is 23.5 Å². The van der Waals surface area contributed by atoms with E-state index in [9.17, 15) is 17.6 Å². The summed E-state index contributed by atoms with van der Waals surface area (Å²) < 4.78 is 53.9. The van der Waals surface area contributed by atoms with Gasteiger partial charge in [-0.25, -0.2) is 0 Å². The third kappa shape index (κ3) is 7.51.